The number of aromatic nitrogens is 2. The molecule has 1 saturated heterocycles. The van der Waals surface area contributed by atoms with Gasteiger partial charge in [-0.3, -0.25) is 38.9 Å². The smallest absolute Gasteiger partial charge is 0.262 e. The first kappa shape index (κ1) is 21.2. The maximum Gasteiger partial charge on any atom is 0.262 e. The highest BCUT2D eigenvalue weighted by molar-refractivity contribution is 6.23. The molecule has 5 amide bonds. The molecule has 1 aromatic carbocycles. The number of fused-ring (bicyclic) bond motifs is 1. The van der Waals surface area contributed by atoms with Crippen LogP contribution in [-0.4, -0.2) is 56.8 Å². The van der Waals surface area contributed by atoms with Gasteiger partial charge in [-0.1, -0.05) is 6.07 Å². The maximum atomic E-state index is 12.9. The fraction of sp³-hybridized carbons (Fsp3) is 0.333. The van der Waals surface area contributed by atoms with Gasteiger partial charge in [0, 0.05) is 26.2 Å². The van der Waals surface area contributed by atoms with Gasteiger partial charge in [0.25, 0.3) is 17.7 Å². The Bertz CT molecular complexity index is 1150. The Morgan fingerprint density at radius 1 is 1.22 bits per heavy atom. The second-order valence-electron chi connectivity index (χ2n) is 7.79. The molecule has 3 heterocycles. The molecular weight excluding hydrogens is 416 g/mol. The quantitative estimate of drug-likeness (QED) is 0.415. The van der Waals surface area contributed by atoms with Crippen LogP contribution in [0.15, 0.2) is 24.4 Å². The fourth-order valence-corrected chi connectivity index (χ4v) is 3.94. The van der Waals surface area contributed by atoms with Crippen LogP contribution < -0.4 is 16.4 Å². The van der Waals surface area contributed by atoms with Crippen LogP contribution in [0.5, 0.6) is 0 Å². The number of nitrogens with one attached hydrogen (secondary N) is 2. The second kappa shape index (κ2) is 8.25. The number of benzene rings is 1. The molecule has 1 unspecified atom stereocenters. The van der Waals surface area contributed by atoms with Gasteiger partial charge in [-0.15, -0.1) is 0 Å². The summed E-state index contributed by atoms with van der Waals surface area (Å²) in [6, 6.07) is 3.98. The highest BCUT2D eigenvalue weighted by Gasteiger charge is 2.44. The van der Waals surface area contributed by atoms with Crippen molar-refractivity contribution in [2.45, 2.75) is 31.7 Å². The number of carbonyl (C=O) groups excluding carboxylic acids is 5. The third kappa shape index (κ3) is 3.84. The Kier molecular flexibility index (Phi) is 5.47. The number of carbonyl (C=O) groups is 5. The number of amides is 5. The highest BCUT2D eigenvalue weighted by Crippen LogP contribution is 2.28. The van der Waals surface area contributed by atoms with Crippen molar-refractivity contribution >= 4 is 35.4 Å². The molecule has 2 aliphatic rings. The van der Waals surface area contributed by atoms with E-state index in [0.717, 1.165) is 10.5 Å². The van der Waals surface area contributed by atoms with Gasteiger partial charge < -0.3 is 11.1 Å². The summed E-state index contributed by atoms with van der Waals surface area (Å²) in [5.74, 6) is -2.28. The molecule has 1 atom stereocenters. The van der Waals surface area contributed by atoms with Gasteiger partial charge in [-0.2, -0.15) is 5.10 Å². The Morgan fingerprint density at radius 3 is 2.66 bits per heavy atom. The molecule has 2 aromatic rings. The first-order chi connectivity index (χ1) is 15.3. The number of nitrogens with zero attached hydrogens (tertiary/aromatic N) is 3. The summed E-state index contributed by atoms with van der Waals surface area (Å²) < 4.78 is 1.46. The van der Waals surface area contributed by atoms with Crippen molar-refractivity contribution in [2.75, 3.05) is 12.3 Å². The van der Waals surface area contributed by atoms with Crippen LogP contribution in [0.4, 0.5) is 5.82 Å². The zero-order chi connectivity index (χ0) is 23.0. The summed E-state index contributed by atoms with van der Waals surface area (Å²) in [5.41, 5.74) is 7.31. The summed E-state index contributed by atoms with van der Waals surface area (Å²) in [6.07, 6.45) is 2.90. The lowest BCUT2D eigenvalue weighted by Gasteiger charge is -2.27. The molecule has 2 aliphatic heterocycles. The van der Waals surface area contributed by atoms with Gasteiger partial charge >= 0.3 is 0 Å². The first-order valence-corrected chi connectivity index (χ1v) is 10.2. The number of anilines is 1. The van der Waals surface area contributed by atoms with Gasteiger partial charge in [0.1, 0.15) is 11.6 Å². The van der Waals surface area contributed by atoms with Crippen molar-refractivity contribution in [1.29, 1.82) is 0 Å². The molecule has 4 N–H and O–H groups in total. The van der Waals surface area contributed by atoms with E-state index in [1.54, 1.807) is 31.4 Å². The van der Waals surface area contributed by atoms with Crippen LogP contribution in [0.3, 0.4) is 0 Å². The van der Waals surface area contributed by atoms with Gasteiger partial charge in [-0.05, 0) is 37.0 Å². The van der Waals surface area contributed by atoms with E-state index in [9.17, 15) is 24.0 Å². The second-order valence-corrected chi connectivity index (χ2v) is 7.79. The summed E-state index contributed by atoms with van der Waals surface area (Å²) >= 11 is 0. The van der Waals surface area contributed by atoms with Crippen molar-refractivity contribution in [3.05, 3.63) is 46.6 Å². The molecule has 0 bridgehead atoms. The van der Waals surface area contributed by atoms with E-state index < -0.39 is 29.7 Å². The largest absolute Gasteiger partial charge is 0.382 e. The minimum atomic E-state index is -0.987. The predicted octanol–water partition coefficient (Wildman–Crippen LogP) is -0.234. The third-order valence-electron chi connectivity index (χ3n) is 5.53. The lowest BCUT2D eigenvalue weighted by molar-refractivity contribution is -0.136. The normalized spacial score (nSPS) is 18.0. The number of hydrogen-bond donors (Lipinski definition) is 3. The van der Waals surface area contributed by atoms with Crippen molar-refractivity contribution in [3.8, 4) is 0 Å². The molecule has 1 fully saturated rings. The molecule has 32 heavy (non-hydrogen) atoms. The molecule has 1 aromatic heterocycles. The van der Waals surface area contributed by atoms with Crippen molar-refractivity contribution < 1.29 is 24.0 Å². The zero-order valence-corrected chi connectivity index (χ0v) is 17.4. The van der Waals surface area contributed by atoms with Crippen molar-refractivity contribution in [3.63, 3.8) is 0 Å². The van der Waals surface area contributed by atoms with Gasteiger partial charge in [-0.25, -0.2) is 0 Å². The van der Waals surface area contributed by atoms with Gasteiger partial charge in [0.2, 0.25) is 11.8 Å². The highest BCUT2D eigenvalue weighted by atomic mass is 16.2. The van der Waals surface area contributed by atoms with Crippen LogP contribution in [0.25, 0.3) is 0 Å². The lowest BCUT2D eigenvalue weighted by Crippen LogP contribution is -2.54. The van der Waals surface area contributed by atoms with Gasteiger partial charge in [0.15, 0.2) is 5.82 Å². The average Bonchev–Trinajstić information content (AvgIpc) is 3.21. The van der Waals surface area contributed by atoms with Crippen LogP contribution >= 0.6 is 0 Å². The summed E-state index contributed by atoms with van der Waals surface area (Å²) in [4.78, 5) is 62.2. The molecule has 11 nitrogen and oxygen atoms in total. The summed E-state index contributed by atoms with van der Waals surface area (Å²) in [5, 5.41) is 8.88. The Balaban J connectivity index is 1.37. The number of rotatable bonds is 6. The van der Waals surface area contributed by atoms with Crippen LogP contribution in [0.1, 0.15) is 55.9 Å². The Morgan fingerprint density at radius 2 is 1.97 bits per heavy atom. The molecule has 0 aliphatic carbocycles. The minimum Gasteiger partial charge on any atom is -0.382 e. The summed E-state index contributed by atoms with van der Waals surface area (Å²) in [7, 11) is 1.67. The maximum absolute atomic E-state index is 12.9. The van der Waals surface area contributed by atoms with Crippen molar-refractivity contribution in [1.82, 2.24) is 25.3 Å². The Hall–Kier alpha value is -4.02. The molecular formula is C21H22N6O5. The summed E-state index contributed by atoms with van der Waals surface area (Å²) in [6.45, 7) is 0.388. The molecule has 166 valence electrons. The predicted molar refractivity (Wildman–Crippen MR) is 111 cm³/mol. The van der Waals surface area contributed by atoms with E-state index in [0.29, 0.717) is 24.9 Å². The van der Waals surface area contributed by atoms with E-state index in [2.05, 4.69) is 15.7 Å². The number of nitrogen functional groups attached to an aromatic ring is 1. The Labute approximate surface area is 182 Å². The monoisotopic (exact) mass is 438 g/mol. The fourth-order valence-electron chi connectivity index (χ4n) is 3.94. The number of nitrogens with two attached hydrogens (primary N) is 1. The standard InChI is InChI=1S/C21H22N6O5/c1-26-10-14(17(22)25-26)18(29)23-8-2-3-11-4-5-12-13(9-11)21(32)27(20(12)31)15-6-7-16(28)24-19(15)30/h4-5,9-10,15H,2-3,6-8H2,1H3,(H2,22,25)(H,23,29)(H,24,28,30). The average molecular weight is 438 g/mol. The van der Waals surface area contributed by atoms with Gasteiger partial charge in [0.05, 0.1) is 11.1 Å². The topological polar surface area (TPSA) is 156 Å². The molecule has 4 rings (SSSR count). The van der Waals surface area contributed by atoms with Crippen LogP contribution in [0, 0.1) is 0 Å². The van der Waals surface area contributed by atoms with E-state index in [4.69, 9.17) is 5.73 Å². The third-order valence-corrected chi connectivity index (χ3v) is 5.53. The van der Waals surface area contributed by atoms with Crippen LogP contribution in [0.2, 0.25) is 0 Å². The van der Waals surface area contributed by atoms with E-state index in [1.165, 1.54) is 4.68 Å². The van der Waals surface area contributed by atoms with E-state index >= 15 is 0 Å². The lowest BCUT2D eigenvalue weighted by atomic mass is 10.0. The van der Waals surface area contributed by atoms with E-state index in [1.807, 2.05) is 0 Å². The molecule has 0 radical (unpaired) electrons. The number of imide groups is 2. The molecule has 11 heteroatoms. The zero-order valence-electron chi connectivity index (χ0n) is 17.4. The van der Waals surface area contributed by atoms with Crippen LogP contribution in [-0.2, 0) is 23.1 Å². The molecule has 0 spiro atoms. The molecule has 0 saturated carbocycles. The minimum absolute atomic E-state index is 0.0749. The SMILES string of the molecule is Cn1cc(C(=O)NCCCc2ccc3c(c2)C(=O)N(C2CCC(=O)NC2=O)C3=O)c(N)n1. The van der Waals surface area contributed by atoms with E-state index in [-0.39, 0.29) is 35.7 Å². The van der Waals surface area contributed by atoms with Crippen molar-refractivity contribution in [2.24, 2.45) is 7.05 Å². The first-order valence-electron chi connectivity index (χ1n) is 10.2. The number of aryl methyl sites for hydroxylation is 2. The number of hydrogen-bond acceptors (Lipinski definition) is 7. The number of piperidine rings is 1.